The summed E-state index contributed by atoms with van der Waals surface area (Å²) < 4.78 is 12.8. The van der Waals surface area contributed by atoms with Crippen molar-refractivity contribution in [2.75, 3.05) is 13.2 Å². The van der Waals surface area contributed by atoms with Gasteiger partial charge in [-0.05, 0) is 0 Å². The number of hydrogen-bond acceptors (Lipinski definition) is 5. The number of nitrogens with zero attached hydrogens (tertiary/aromatic N) is 2. The first-order valence-corrected chi connectivity index (χ1v) is 8.04. The second kappa shape index (κ2) is 6.10. The molecule has 4 rings (SSSR count). The molecule has 0 atom stereocenters. The number of aliphatic carboxylic acids is 1. The van der Waals surface area contributed by atoms with E-state index in [0.29, 0.717) is 48.1 Å². The minimum atomic E-state index is -1.18. The maximum absolute atomic E-state index is 11.3. The third-order valence-electron chi connectivity index (χ3n) is 4.20. The molecule has 0 fully saturated rings. The van der Waals surface area contributed by atoms with Crippen molar-refractivity contribution in [2.24, 2.45) is 0 Å². The van der Waals surface area contributed by atoms with E-state index in [1.807, 2.05) is 24.3 Å². The predicted octanol–water partition coefficient (Wildman–Crippen LogP) is -0.0337. The van der Waals surface area contributed by atoms with Gasteiger partial charge in [0.15, 0.2) is 11.5 Å². The number of rotatable bonds is 4. The van der Waals surface area contributed by atoms with E-state index in [0.717, 1.165) is 11.1 Å². The molecule has 7 heteroatoms. The molecule has 1 aliphatic rings. The van der Waals surface area contributed by atoms with Crippen LogP contribution in [-0.2, 0) is 17.9 Å². The van der Waals surface area contributed by atoms with Gasteiger partial charge in [-0.25, -0.2) is 4.98 Å². The van der Waals surface area contributed by atoms with Gasteiger partial charge in [0.1, 0.15) is 19.0 Å². The average molecular weight is 339 g/mol. The zero-order valence-corrected chi connectivity index (χ0v) is 13.5. The summed E-state index contributed by atoms with van der Waals surface area (Å²) in [5.74, 6) is 0.606. The first-order chi connectivity index (χ1) is 12.2. The van der Waals surface area contributed by atoms with Crippen LogP contribution in [0.4, 0.5) is 0 Å². The molecular weight excluding hydrogens is 322 g/mol. The van der Waals surface area contributed by atoms with Crippen LogP contribution in [0.25, 0.3) is 22.4 Å². The van der Waals surface area contributed by atoms with Crippen molar-refractivity contribution >= 4 is 17.0 Å². The molecular formula is C18H17N3O4. The molecule has 0 unspecified atom stereocenters. The Morgan fingerprint density at radius 2 is 1.84 bits per heavy atom. The molecule has 128 valence electrons. The van der Waals surface area contributed by atoms with Crippen LogP contribution >= 0.6 is 0 Å². The first-order valence-electron chi connectivity index (χ1n) is 8.04. The fourth-order valence-corrected chi connectivity index (χ4v) is 2.99. The molecule has 0 aliphatic carbocycles. The van der Waals surface area contributed by atoms with Crippen LogP contribution in [0.1, 0.15) is 5.56 Å². The van der Waals surface area contributed by atoms with Gasteiger partial charge < -0.3 is 29.7 Å². The van der Waals surface area contributed by atoms with Crippen molar-refractivity contribution in [3.05, 3.63) is 42.0 Å². The van der Waals surface area contributed by atoms with Crippen molar-refractivity contribution in [3.63, 3.8) is 0 Å². The number of fused-ring (bicyclic) bond motifs is 2. The number of aromatic nitrogens is 2. The smallest absolute Gasteiger partial charge is 0.163 e. The predicted molar refractivity (Wildman–Crippen MR) is 87.8 cm³/mol. The number of carboxylic acid groups (broad SMARTS) is 1. The summed E-state index contributed by atoms with van der Waals surface area (Å²) in [5.41, 5.74) is 7.11. The van der Waals surface area contributed by atoms with E-state index in [1.54, 1.807) is 16.7 Å². The highest BCUT2D eigenvalue weighted by molar-refractivity contribution is 5.85. The van der Waals surface area contributed by atoms with Crippen molar-refractivity contribution in [1.82, 2.24) is 9.55 Å². The van der Waals surface area contributed by atoms with E-state index in [2.05, 4.69) is 10.7 Å². The van der Waals surface area contributed by atoms with Gasteiger partial charge in [-0.15, -0.1) is 0 Å². The average Bonchev–Trinajstić information content (AvgIpc) is 2.97. The van der Waals surface area contributed by atoms with Gasteiger partial charge in [-0.1, -0.05) is 24.3 Å². The lowest BCUT2D eigenvalue weighted by molar-refractivity contribution is -0.386. The van der Waals surface area contributed by atoms with E-state index >= 15 is 0 Å². The molecule has 0 radical (unpaired) electrons. The summed E-state index contributed by atoms with van der Waals surface area (Å²) >= 11 is 0. The Kier molecular flexibility index (Phi) is 3.77. The molecule has 3 aromatic rings. The van der Waals surface area contributed by atoms with E-state index in [4.69, 9.17) is 9.47 Å². The van der Waals surface area contributed by atoms with Gasteiger partial charge in [0.2, 0.25) is 0 Å². The summed E-state index contributed by atoms with van der Waals surface area (Å²) in [7, 11) is 0. The number of ether oxygens (including phenoxy) is 2. The standard InChI is InChI=1S/C18H17N3O4/c19-9-11-1-3-12(4-2-11)18-20-13-7-15-16(25-6-5-24-15)8-14(13)21(18)10-17(22)23/h1-4,7-8H,5-6,9-10,19H2,(H,22,23). The van der Waals surface area contributed by atoms with Crippen molar-refractivity contribution in [1.29, 1.82) is 0 Å². The quantitative estimate of drug-likeness (QED) is 0.719. The molecule has 0 saturated carbocycles. The van der Waals surface area contributed by atoms with Gasteiger partial charge in [0.05, 0.1) is 30.1 Å². The van der Waals surface area contributed by atoms with E-state index in [-0.39, 0.29) is 6.54 Å². The Balaban J connectivity index is 1.90. The lowest BCUT2D eigenvalue weighted by Gasteiger charge is -2.18. The first kappa shape index (κ1) is 15.5. The molecule has 3 N–H and O–H groups in total. The summed E-state index contributed by atoms with van der Waals surface area (Å²) in [5, 5.41) is 11.3. The summed E-state index contributed by atoms with van der Waals surface area (Å²) in [6, 6.07) is 11.3. The van der Waals surface area contributed by atoms with Crippen LogP contribution in [0.2, 0.25) is 0 Å². The second-order valence-electron chi connectivity index (χ2n) is 5.83. The minimum Gasteiger partial charge on any atom is -0.548 e. The maximum Gasteiger partial charge on any atom is 0.163 e. The molecule has 25 heavy (non-hydrogen) atoms. The van der Waals surface area contributed by atoms with Crippen molar-refractivity contribution in [2.45, 2.75) is 13.1 Å². The monoisotopic (exact) mass is 339 g/mol. The number of carbonyl (C=O) groups is 1. The molecule has 2 heterocycles. The Morgan fingerprint density at radius 3 is 2.48 bits per heavy atom. The summed E-state index contributed by atoms with van der Waals surface area (Å²) in [4.78, 5) is 15.9. The van der Waals surface area contributed by atoms with Crippen LogP contribution < -0.4 is 20.3 Å². The Bertz CT molecular complexity index is 947. The third kappa shape index (κ3) is 2.78. The van der Waals surface area contributed by atoms with Gasteiger partial charge in [-0.3, -0.25) is 0 Å². The van der Waals surface area contributed by atoms with E-state index < -0.39 is 5.97 Å². The molecule has 2 aromatic carbocycles. The number of hydrogen-bond donors (Lipinski definition) is 1. The normalized spacial score (nSPS) is 13.2. The molecule has 1 aliphatic heterocycles. The lowest BCUT2D eigenvalue weighted by Crippen LogP contribution is -2.47. The summed E-state index contributed by atoms with van der Waals surface area (Å²) in [6.45, 7) is 1.35. The van der Waals surface area contributed by atoms with Crippen LogP contribution in [0.15, 0.2) is 36.4 Å². The highest BCUT2D eigenvalue weighted by atomic mass is 16.6. The maximum atomic E-state index is 11.3. The number of benzene rings is 2. The zero-order valence-electron chi connectivity index (χ0n) is 13.5. The highest BCUT2D eigenvalue weighted by Gasteiger charge is 2.19. The Labute approximate surface area is 143 Å². The molecule has 0 saturated heterocycles. The fraction of sp³-hybridized carbons (Fsp3) is 0.222. The fourth-order valence-electron chi connectivity index (χ4n) is 2.99. The number of carbonyl (C=O) groups excluding carboxylic acids is 1. The van der Waals surface area contributed by atoms with E-state index in [1.165, 1.54) is 0 Å². The zero-order chi connectivity index (χ0) is 17.4. The van der Waals surface area contributed by atoms with Gasteiger partial charge >= 0.3 is 0 Å². The Hall–Kier alpha value is -3.06. The highest BCUT2D eigenvalue weighted by Crippen LogP contribution is 2.36. The number of carboxylic acids is 1. The summed E-state index contributed by atoms with van der Waals surface area (Å²) in [6.07, 6.45) is 0. The Morgan fingerprint density at radius 1 is 1.16 bits per heavy atom. The molecule has 0 bridgehead atoms. The molecule has 0 amide bonds. The van der Waals surface area contributed by atoms with Gasteiger partial charge in [0, 0.05) is 23.3 Å². The largest absolute Gasteiger partial charge is 0.548 e. The second-order valence-corrected chi connectivity index (χ2v) is 5.83. The number of imidazole rings is 1. The SMILES string of the molecule is [NH3+]Cc1ccc(-c2nc3cc4c(cc3n2CC(=O)[O-])OCCO4)cc1. The molecule has 0 spiro atoms. The van der Waals surface area contributed by atoms with Gasteiger partial charge in [-0.2, -0.15) is 0 Å². The van der Waals surface area contributed by atoms with Gasteiger partial charge in [0.25, 0.3) is 0 Å². The van der Waals surface area contributed by atoms with E-state index in [9.17, 15) is 9.90 Å². The van der Waals surface area contributed by atoms with Crippen LogP contribution in [0.5, 0.6) is 11.5 Å². The molecule has 7 nitrogen and oxygen atoms in total. The third-order valence-corrected chi connectivity index (χ3v) is 4.20. The number of quaternary nitrogens is 1. The minimum absolute atomic E-state index is 0.289. The topological polar surface area (TPSA) is 104 Å². The van der Waals surface area contributed by atoms with Crippen LogP contribution in [0.3, 0.4) is 0 Å². The lowest BCUT2D eigenvalue weighted by atomic mass is 10.1. The molecule has 1 aromatic heterocycles. The van der Waals surface area contributed by atoms with Crippen molar-refractivity contribution < 1.29 is 25.1 Å². The van der Waals surface area contributed by atoms with Crippen LogP contribution in [0, 0.1) is 0 Å². The van der Waals surface area contributed by atoms with Crippen molar-refractivity contribution in [3.8, 4) is 22.9 Å². The van der Waals surface area contributed by atoms with Crippen LogP contribution in [-0.4, -0.2) is 28.7 Å².